The number of benzene rings is 1. The summed E-state index contributed by atoms with van der Waals surface area (Å²) >= 11 is 0. The van der Waals surface area contributed by atoms with E-state index in [1.54, 1.807) is 12.1 Å². The lowest BCUT2D eigenvalue weighted by Crippen LogP contribution is -2.14. The van der Waals surface area contributed by atoms with E-state index in [0.717, 1.165) is 0 Å². The molecule has 1 aromatic carbocycles. The molecule has 0 fully saturated rings. The number of rotatable bonds is 6. The maximum atomic E-state index is 11.6. The highest BCUT2D eigenvalue weighted by Crippen LogP contribution is 2.10. The maximum absolute atomic E-state index is 11.6. The van der Waals surface area contributed by atoms with Crippen LogP contribution >= 0.6 is 0 Å². The number of Topliss-reactive ketones (excluding diaryl/α,β-unsaturated/α-hetero) is 1. The molecule has 1 amide bonds. The van der Waals surface area contributed by atoms with Crippen LogP contribution in [0.4, 0.5) is 5.69 Å². The number of ketones is 1. The fraction of sp³-hybridized carbons (Fsp3) is 0.250. The van der Waals surface area contributed by atoms with Crippen molar-refractivity contribution in [3.8, 4) is 0 Å². The first-order chi connectivity index (χ1) is 8.49. The second kappa shape index (κ2) is 6.51. The van der Waals surface area contributed by atoms with Gasteiger partial charge in [0.1, 0.15) is 13.2 Å². The first kappa shape index (κ1) is 13.9. The molecule has 0 heterocycles. The molecule has 1 rings (SSSR count). The lowest BCUT2D eigenvalue weighted by Gasteiger charge is -2.04. The number of aliphatic carboxylic acids is 1. The lowest BCUT2D eigenvalue weighted by atomic mass is 10.1. The van der Waals surface area contributed by atoms with Crippen molar-refractivity contribution in [2.24, 2.45) is 0 Å². The molecule has 0 bridgehead atoms. The molecule has 0 aromatic heterocycles. The molecule has 0 saturated carbocycles. The Balaban J connectivity index is 2.53. The predicted molar refractivity (Wildman–Crippen MR) is 63.5 cm³/mol. The van der Waals surface area contributed by atoms with Crippen molar-refractivity contribution in [2.75, 3.05) is 18.5 Å². The Labute approximate surface area is 104 Å². The number of ether oxygens (including phenoxy) is 1. The van der Waals surface area contributed by atoms with Gasteiger partial charge in [-0.1, -0.05) is 0 Å². The summed E-state index contributed by atoms with van der Waals surface area (Å²) in [5, 5.41) is 10.9. The molecule has 0 saturated heterocycles. The van der Waals surface area contributed by atoms with Gasteiger partial charge in [0.25, 0.3) is 0 Å². The summed E-state index contributed by atoms with van der Waals surface area (Å²) in [5.41, 5.74) is 0.986. The van der Waals surface area contributed by atoms with Gasteiger partial charge in [-0.15, -0.1) is 0 Å². The molecule has 0 aliphatic carbocycles. The molecule has 1 aromatic rings. The summed E-state index contributed by atoms with van der Waals surface area (Å²) < 4.78 is 4.69. The summed E-state index contributed by atoms with van der Waals surface area (Å²) in [4.78, 5) is 32.5. The van der Waals surface area contributed by atoms with Gasteiger partial charge < -0.3 is 15.2 Å². The van der Waals surface area contributed by atoms with Crippen molar-refractivity contribution in [3.63, 3.8) is 0 Å². The van der Waals surface area contributed by atoms with E-state index >= 15 is 0 Å². The normalized spacial score (nSPS) is 9.83. The third-order valence-corrected chi connectivity index (χ3v) is 1.99. The van der Waals surface area contributed by atoms with Crippen molar-refractivity contribution in [3.05, 3.63) is 29.8 Å². The highest BCUT2D eigenvalue weighted by Gasteiger charge is 2.07. The van der Waals surface area contributed by atoms with Gasteiger partial charge in [-0.3, -0.25) is 9.59 Å². The first-order valence-corrected chi connectivity index (χ1v) is 5.19. The van der Waals surface area contributed by atoms with Gasteiger partial charge in [-0.2, -0.15) is 0 Å². The monoisotopic (exact) mass is 251 g/mol. The van der Waals surface area contributed by atoms with Gasteiger partial charge in [0.15, 0.2) is 5.78 Å². The Morgan fingerprint density at radius 1 is 1.17 bits per heavy atom. The van der Waals surface area contributed by atoms with Crippen LogP contribution in [0.2, 0.25) is 0 Å². The zero-order chi connectivity index (χ0) is 13.5. The molecule has 6 heteroatoms. The molecular formula is C12H13NO5. The number of carbonyl (C=O) groups is 3. The van der Waals surface area contributed by atoms with Crippen LogP contribution in [-0.4, -0.2) is 36.0 Å². The molecule has 0 atom stereocenters. The van der Waals surface area contributed by atoms with Crippen molar-refractivity contribution < 1.29 is 24.2 Å². The Hall–Kier alpha value is -2.21. The number of amides is 1. The fourth-order valence-electron chi connectivity index (χ4n) is 1.26. The van der Waals surface area contributed by atoms with Gasteiger partial charge in [0.05, 0.1) is 0 Å². The number of hydrogen-bond acceptors (Lipinski definition) is 4. The average Bonchev–Trinajstić information content (AvgIpc) is 2.28. The van der Waals surface area contributed by atoms with E-state index in [1.165, 1.54) is 19.1 Å². The minimum atomic E-state index is -1.12. The number of nitrogens with one attached hydrogen (secondary N) is 1. The average molecular weight is 251 g/mol. The van der Waals surface area contributed by atoms with Crippen molar-refractivity contribution >= 4 is 23.3 Å². The maximum Gasteiger partial charge on any atom is 0.329 e. The first-order valence-electron chi connectivity index (χ1n) is 5.19. The van der Waals surface area contributed by atoms with E-state index in [0.29, 0.717) is 11.3 Å². The van der Waals surface area contributed by atoms with Gasteiger partial charge in [-0.25, -0.2) is 4.79 Å². The zero-order valence-electron chi connectivity index (χ0n) is 9.80. The van der Waals surface area contributed by atoms with E-state index in [-0.39, 0.29) is 18.3 Å². The van der Waals surface area contributed by atoms with Crippen molar-refractivity contribution in [2.45, 2.75) is 6.92 Å². The number of carbonyl (C=O) groups excluding carboxylic acids is 2. The lowest BCUT2D eigenvalue weighted by molar-refractivity contribution is -0.141. The Kier molecular flexibility index (Phi) is 5.01. The van der Waals surface area contributed by atoms with Crippen LogP contribution in [0.1, 0.15) is 17.3 Å². The molecule has 0 aliphatic heterocycles. The molecule has 18 heavy (non-hydrogen) atoms. The third kappa shape index (κ3) is 4.75. The molecule has 96 valence electrons. The topological polar surface area (TPSA) is 92.7 Å². The second-order valence-corrected chi connectivity index (χ2v) is 3.57. The molecule has 0 spiro atoms. The van der Waals surface area contributed by atoms with E-state index in [4.69, 9.17) is 5.11 Å². The summed E-state index contributed by atoms with van der Waals surface area (Å²) in [6.07, 6.45) is 0. The smallest absolute Gasteiger partial charge is 0.329 e. The largest absolute Gasteiger partial charge is 0.480 e. The van der Waals surface area contributed by atoms with E-state index in [1.807, 2.05) is 0 Å². The van der Waals surface area contributed by atoms with Crippen LogP contribution in [-0.2, 0) is 14.3 Å². The predicted octanol–water partition coefficient (Wildman–Crippen LogP) is 0.929. The fourth-order valence-corrected chi connectivity index (χ4v) is 1.26. The van der Waals surface area contributed by atoms with Gasteiger partial charge >= 0.3 is 5.97 Å². The molecule has 6 nitrogen and oxygen atoms in total. The molecule has 2 N–H and O–H groups in total. The van der Waals surface area contributed by atoms with Crippen molar-refractivity contribution in [1.82, 2.24) is 0 Å². The summed E-state index contributed by atoms with van der Waals surface area (Å²) in [6, 6.07) is 6.26. The third-order valence-electron chi connectivity index (χ3n) is 1.99. The van der Waals surface area contributed by atoms with Crippen LogP contribution in [0, 0.1) is 0 Å². The number of carboxylic acids is 1. The summed E-state index contributed by atoms with van der Waals surface area (Å²) in [5.74, 6) is -1.63. The van der Waals surface area contributed by atoms with Gasteiger partial charge in [0.2, 0.25) is 5.91 Å². The minimum absolute atomic E-state index is 0.195. The molecule has 0 radical (unpaired) electrons. The molecular weight excluding hydrogens is 238 g/mol. The van der Waals surface area contributed by atoms with Crippen LogP contribution in [0.5, 0.6) is 0 Å². The highest BCUT2D eigenvalue weighted by molar-refractivity contribution is 5.98. The van der Waals surface area contributed by atoms with Crippen molar-refractivity contribution in [1.29, 1.82) is 0 Å². The quantitative estimate of drug-likeness (QED) is 0.733. The van der Waals surface area contributed by atoms with E-state index < -0.39 is 12.6 Å². The second-order valence-electron chi connectivity index (χ2n) is 3.57. The SMILES string of the molecule is CC(=O)Nc1ccc(C(=O)COCC(=O)O)cc1. The Bertz CT molecular complexity index is 452. The number of hydrogen-bond donors (Lipinski definition) is 2. The molecule has 0 unspecified atom stereocenters. The summed E-state index contributed by atoms with van der Waals surface area (Å²) in [7, 11) is 0. The zero-order valence-corrected chi connectivity index (χ0v) is 9.80. The standard InChI is InChI=1S/C12H13NO5/c1-8(14)13-10-4-2-9(3-5-10)11(15)6-18-7-12(16)17/h2-5H,6-7H2,1H3,(H,13,14)(H,16,17). The molecule has 0 aliphatic rings. The van der Waals surface area contributed by atoms with Crippen LogP contribution < -0.4 is 5.32 Å². The van der Waals surface area contributed by atoms with Crippen LogP contribution in [0.15, 0.2) is 24.3 Å². The van der Waals surface area contributed by atoms with Gasteiger partial charge in [-0.05, 0) is 24.3 Å². The Morgan fingerprint density at radius 2 is 1.78 bits per heavy atom. The number of carboxylic acid groups (broad SMARTS) is 1. The van der Waals surface area contributed by atoms with E-state index in [9.17, 15) is 14.4 Å². The Morgan fingerprint density at radius 3 is 2.28 bits per heavy atom. The van der Waals surface area contributed by atoms with Crippen LogP contribution in [0.25, 0.3) is 0 Å². The van der Waals surface area contributed by atoms with E-state index in [2.05, 4.69) is 10.1 Å². The highest BCUT2D eigenvalue weighted by atomic mass is 16.5. The summed E-state index contributed by atoms with van der Waals surface area (Å²) in [6.45, 7) is 0.598. The van der Waals surface area contributed by atoms with Crippen LogP contribution in [0.3, 0.4) is 0 Å². The van der Waals surface area contributed by atoms with Gasteiger partial charge in [0, 0.05) is 18.2 Å². The minimum Gasteiger partial charge on any atom is -0.480 e. The number of anilines is 1.